The molecule has 0 bridgehead atoms. The summed E-state index contributed by atoms with van der Waals surface area (Å²) in [7, 11) is 0. The molecule has 5 nitrogen and oxygen atoms in total. The molecule has 3 aliphatic carbocycles. The molecule has 0 aromatic heterocycles. The fourth-order valence-electron chi connectivity index (χ4n) is 5.28. The third-order valence-electron chi connectivity index (χ3n) is 6.60. The molecule has 0 amide bonds. The number of hydrogen-bond donors (Lipinski definition) is 0. The van der Waals surface area contributed by atoms with Gasteiger partial charge in [-0.2, -0.15) is 0 Å². The predicted octanol–water partition coefficient (Wildman–Crippen LogP) is 2.04. The maximum atomic E-state index is 12.7. The van der Waals surface area contributed by atoms with E-state index in [9.17, 15) is 14.4 Å². The van der Waals surface area contributed by atoms with E-state index in [4.69, 9.17) is 9.47 Å². The maximum Gasteiger partial charge on any atom is 0.312 e. The van der Waals surface area contributed by atoms with Crippen molar-refractivity contribution in [3.63, 3.8) is 0 Å². The molecule has 6 atom stereocenters. The average molecular weight is 318 g/mol. The SMILES string of the molecule is CC(=O)O[C@H]1[C@H]2[C@@H](C[C@@H](C)[C@@H]3C=CC(=O)[C@]31C)OC(=O)C21CC1. The molecule has 1 saturated heterocycles. The molecule has 0 N–H and O–H groups in total. The summed E-state index contributed by atoms with van der Waals surface area (Å²) in [6.45, 7) is 5.35. The van der Waals surface area contributed by atoms with E-state index in [2.05, 4.69) is 6.92 Å². The molecule has 4 aliphatic rings. The van der Waals surface area contributed by atoms with Gasteiger partial charge in [-0.25, -0.2) is 0 Å². The highest BCUT2D eigenvalue weighted by atomic mass is 16.6. The third kappa shape index (κ3) is 1.76. The molecule has 23 heavy (non-hydrogen) atoms. The van der Waals surface area contributed by atoms with Crippen LogP contribution in [-0.4, -0.2) is 29.9 Å². The van der Waals surface area contributed by atoms with Crippen LogP contribution in [0.5, 0.6) is 0 Å². The van der Waals surface area contributed by atoms with Crippen molar-refractivity contribution in [3.05, 3.63) is 12.2 Å². The first-order valence-corrected chi connectivity index (χ1v) is 8.41. The number of ether oxygens (including phenoxy) is 2. The molecule has 0 aromatic carbocycles. The highest BCUT2D eigenvalue weighted by Gasteiger charge is 2.72. The van der Waals surface area contributed by atoms with Crippen LogP contribution in [0.3, 0.4) is 0 Å². The van der Waals surface area contributed by atoms with Gasteiger partial charge in [0.2, 0.25) is 0 Å². The van der Waals surface area contributed by atoms with Crippen molar-refractivity contribution >= 4 is 17.7 Å². The third-order valence-corrected chi connectivity index (χ3v) is 6.60. The smallest absolute Gasteiger partial charge is 0.312 e. The maximum absolute atomic E-state index is 12.7. The van der Waals surface area contributed by atoms with Gasteiger partial charge in [0.05, 0.1) is 16.7 Å². The van der Waals surface area contributed by atoms with Crippen molar-refractivity contribution in [2.24, 2.45) is 28.6 Å². The Balaban J connectivity index is 1.85. The minimum Gasteiger partial charge on any atom is -0.461 e. The standard InChI is InChI=1S/C18H22O5/c1-9-8-12-14(18(6-7-18)16(21)23-12)15(22-10(2)19)17(3)11(9)4-5-13(17)20/h4-5,9,11-12,14-15H,6-8H2,1-3H3/t9-,11+,12-,14-,15+,17+/m1/s1. The van der Waals surface area contributed by atoms with E-state index >= 15 is 0 Å². The predicted molar refractivity (Wildman–Crippen MR) is 80.1 cm³/mol. The van der Waals surface area contributed by atoms with Gasteiger partial charge in [-0.05, 0) is 44.1 Å². The van der Waals surface area contributed by atoms with E-state index in [1.165, 1.54) is 6.92 Å². The van der Waals surface area contributed by atoms with E-state index in [1.807, 2.05) is 13.0 Å². The summed E-state index contributed by atoms with van der Waals surface area (Å²) in [5.74, 6) is -0.580. The monoisotopic (exact) mass is 318 g/mol. The van der Waals surface area contributed by atoms with Crippen molar-refractivity contribution in [3.8, 4) is 0 Å². The van der Waals surface area contributed by atoms with Crippen LogP contribution >= 0.6 is 0 Å². The topological polar surface area (TPSA) is 69.7 Å². The zero-order valence-corrected chi connectivity index (χ0v) is 13.7. The Morgan fingerprint density at radius 2 is 2.04 bits per heavy atom. The van der Waals surface area contributed by atoms with Crippen LogP contribution in [-0.2, 0) is 23.9 Å². The normalized spacial score (nSPS) is 46.1. The zero-order chi connectivity index (χ0) is 16.6. The van der Waals surface area contributed by atoms with Gasteiger partial charge in [-0.3, -0.25) is 14.4 Å². The Morgan fingerprint density at radius 1 is 1.35 bits per heavy atom. The van der Waals surface area contributed by atoms with E-state index in [0.29, 0.717) is 6.42 Å². The summed E-state index contributed by atoms with van der Waals surface area (Å²) in [4.78, 5) is 36.9. The number of esters is 2. The Labute approximate surface area is 135 Å². The van der Waals surface area contributed by atoms with Crippen molar-refractivity contribution < 1.29 is 23.9 Å². The molecule has 4 rings (SSSR count). The van der Waals surface area contributed by atoms with Crippen molar-refractivity contribution in [2.45, 2.75) is 52.2 Å². The summed E-state index contributed by atoms with van der Waals surface area (Å²) >= 11 is 0. The van der Waals surface area contributed by atoms with E-state index < -0.39 is 22.9 Å². The van der Waals surface area contributed by atoms with Crippen LogP contribution in [0, 0.1) is 28.6 Å². The zero-order valence-electron chi connectivity index (χ0n) is 13.7. The summed E-state index contributed by atoms with van der Waals surface area (Å²) in [6, 6.07) is 0. The minimum absolute atomic E-state index is 0.00333. The van der Waals surface area contributed by atoms with Gasteiger partial charge in [0.25, 0.3) is 0 Å². The fourth-order valence-corrected chi connectivity index (χ4v) is 5.28. The van der Waals surface area contributed by atoms with Crippen LogP contribution in [0.2, 0.25) is 0 Å². The van der Waals surface area contributed by atoms with Gasteiger partial charge in [0, 0.05) is 6.92 Å². The van der Waals surface area contributed by atoms with Crippen molar-refractivity contribution in [1.82, 2.24) is 0 Å². The number of hydrogen-bond acceptors (Lipinski definition) is 5. The van der Waals surface area contributed by atoms with Gasteiger partial charge in [0.15, 0.2) is 5.78 Å². The Bertz CT molecular complexity index is 631. The second-order valence-electron chi connectivity index (χ2n) is 7.90. The second kappa shape index (κ2) is 4.46. The molecular formula is C18H22O5. The molecule has 0 radical (unpaired) electrons. The van der Waals surface area contributed by atoms with Crippen LogP contribution in [0.4, 0.5) is 0 Å². The summed E-state index contributed by atoms with van der Waals surface area (Å²) in [6.07, 6.45) is 4.96. The molecule has 2 saturated carbocycles. The lowest BCUT2D eigenvalue weighted by Gasteiger charge is -2.40. The first kappa shape index (κ1) is 14.9. The highest BCUT2D eigenvalue weighted by Crippen LogP contribution is 2.65. The fraction of sp³-hybridized carbons (Fsp3) is 0.722. The van der Waals surface area contributed by atoms with Crippen molar-refractivity contribution in [1.29, 1.82) is 0 Å². The van der Waals surface area contributed by atoms with Gasteiger partial charge in [0.1, 0.15) is 12.2 Å². The lowest BCUT2D eigenvalue weighted by molar-refractivity contribution is -0.166. The molecule has 1 spiro atoms. The highest BCUT2D eigenvalue weighted by molar-refractivity contribution is 5.98. The number of allylic oxidation sites excluding steroid dienone is 2. The Morgan fingerprint density at radius 3 is 2.65 bits per heavy atom. The van der Waals surface area contributed by atoms with E-state index in [0.717, 1.165) is 12.8 Å². The number of fused-ring (bicyclic) bond motifs is 3. The second-order valence-corrected chi connectivity index (χ2v) is 7.90. The quantitative estimate of drug-likeness (QED) is 0.692. The van der Waals surface area contributed by atoms with Crippen LogP contribution < -0.4 is 0 Å². The number of carbonyl (C=O) groups is 3. The van der Waals surface area contributed by atoms with Crippen molar-refractivity contribution in [2.75, 3.05) is 0 Å². The number of rotatable bonds is 1. The van der Waals surface area contributed by atoms with Crippen LogP contribution in [0.25, 0.3) is 0 Å². The first-order valence-electron chi connectivity index (χ1n) is 8.41. The number of ketones is 1. The average Bonchev–Trinajstić information content (AvgIpc) is 3.15. The van der Waals surface area contributed by atoms with Crippen LogP contribution in [0.15, 0.2) is 12.2 Å². The van der Waals surface area contributed by atoms with E-state index in [-0.39, 0.29) is 35.6 Å². The lowest BCUT2D eigenvalue weighted by Crippen LogP contribution is -2.51. The van der Waals surface area contributed by atoms with Gasteiger partial charge in [-0.15, -0.1) is 0 Å². The number of carbonyl (C=O) groups excluding carboxylic acids is 3. The molecule has 1 heterocycles. The largest absolute Gasteiger partial charge is 0.461 e. The summed E-state index contributed by atoms with van der Waals surface area (Å²) in [5, 5.41) is 0. The molecular weight excluding hydrogens is 296 g/mol. The lowest BCUT2D eigenvalue weighted by atomic mass is 9.66. The Hall–Kier alpha value is -1.65. The molecule has 5 heteroatoms. The Kier molecular flexibility index (Phi) is 2.89. The minimum atomic E-state index is -0.798. The summed E-state index contributed by atoms with van der Waals surface area (Å²) < 4.78 is 11.4. The van der Waals surface area contributed by atoms with Gasteiger partial charge < -0.3 is 9.47 Å². The molecule has 3 fully saturated rings. The summed E-state index contributed by atoms with van der Waals surface area (Å²) in [5.41, 5.74) is -1.33. The molecule has 0 unspecified atom stereocenters. The van der Waals surface area contributed by atoms with Gasteiger partial charge in [-0.1, -0.05) is 13.0 Å². The molecule has 1 aliphatic heterocycles. The van der Waals surface area contributed by atoms with Gasteiger partial charge >= 0.3 is 11.9 Å². The van der Waals surface area contributed by atoms with E-state index in [1.54, 1.807) is 6.08 Å². The van der Waals surface area contributed by atoms with Crippen LogP contribution in [0.1, 0.15) is 40.0 Å². The molecule has 124 valence electrons. The molecule has 0 aromatic rings. The first-order chi connectivity index (χ1) is 10.8.